The van der Waals surface area contributed by atoms with Gasteiger partial charge in [-0.25, -0.2) is 14.5 Å². The first-order valence-electron chi connectivity index (χ1n) is 9.53. The van der Waals surface area contributed by atoms with Gasteiger partial charge in [-0.2, -0.15) is 5.26 Å². The lowest BCUT2D eigenvalue weighted by Crippen LogP contribution is -2.17. The predicted molar refractivity (Wildman–Crippen MR) is 116 cm³/mol. The van der Waals surface area contributed by atoms with Gasteiger partial charge in [0.1, 0.15) is 17.7 Å². The molecular formula is C21H19N9O. The number of carbonyl (C=O) groups excluding carboxylic acids is 1. The van der Waals surface area contributed by atoms with E-state index in [1.807, 2.05) is 19.9 Å². The van der Waals surface area contributed by atoms with Gasteiger partial charge in [-0.05, 0) is 38.1 Å². The SMILES string of the molecule is CC(C)Nc1cc(Nc2ccc(C#N)cn2)c2ncc(C(=O)Nc3ccncc3)n2n1. The lowest BCUT2D eigenvalue weighted by Gasteiger charge is -2.13. The molecule has 4 aromatic heterocycles. The number of anilines is 4. The van der Waals surface area contributed by atoms with Crippen LogP contribution in [0.15, 0.2) is 55.1 Å². The van der Waals surface area contributed by atoms with Gasteiger partial charge < -0.3 is 16.0 Å². The monoisotopic (exact) mass is 413 g/mol. The molecule has 0 saturated carbocycles. The summed E-state index contributed by atoms with van der Waals surface area (Å²) in [5.41, 5.74) is 2.42. The summed E-state index contributed by atoms with van der Waals surface area (Å²) in [7, 11) is 0. The topological polar surface area (TPSA) is 133 Å². The van der Waals surface area contributed by atoms with Crippen molar-refractivity contribution in [3.63, 3.8) is 0 Å². The van der Waals surface area contributed by atoms with Crippen LogP contribution >= 0.6 is 0 Å². The van der Waals surface area contributed by atoms with Crippen LogP contribution in [0.2, 0.25) is 0 Å². The van der Waals surface area contributed by atoms with Crippen LogP contribution in [0.1, 0.15) is 29.9 Å². The van der Waals surface area contributed by atoms with E-state index >= 15 is 0 Å². The van der Waals surface area contributed by atoms with E-state index in [4.69, 9.17) is 5.26 Å². The zero-order valence-electron chi connectivity index (χ0n) is 16.9. The van der Waals surface area contributed by atoms with Crippen molar-refractivity contribution in [3.05, 3.63) is 66.4 Å². The molecule has 154 valence electrons. The highest BCUT2D eigenvalue weighted by molar-refractivity contribution is 6.03. The minimum atomic E-state index is -0.352. The summed E-state index contributed by atoms with van der Waals surface area (Å²) in [6, 6.07) is 10.7. The number of rotatable bonds is 6. The summed E-state index contributed by atoms with van der Waals surface area (Å²) in [6.45, 7) is 3.98. The second-order valence-electron chi connectivity index (χ2n) is 6.98. The highest BCUT2D eigenvalue weighted by Crippen LogP contribution is 2.24. The third-order valence-corrected chi connectivity index (χ3v) is 4.23. The van der Waals surface area contributed by atoms with Gasteiger partial charge in [-0.3, -0.25) is 9.78 Å². The van der Waals surface area contributed by atoms with Gasteiger partial charge in [-0.1, -0.05) is 0 Å². The van der Waals surface area contributed by atoms with Gasteiger partial charge in [0.05, 0.1) is 17.4 Å². The molecule has 0 aliphatic carbocycles. The molecule has 0 unspecified atom stereocenters. The Labute approximate surface area is 178 Å². The van der Waals surface area contributed by atoms with Crippen molar-refractivity contribution in [2.24, 2.45) is 0 Å². The largest absolute Gasteiger partial charge is 0.366 e. The number of carbonyl (C=O) groups is 1. The fourth-order valence-corrected chi connectivity index (χ4v) is 2.88. The first kappa shape index (κ1) is 19.8. The Balaban J connectivity index is 1.73. The van der Waals surface area contributed by atoms with Crippen molar-refractivity contribution in [2.75, 3.05) is 16.0 Å². The van der Waals surface area contributed by atoms with E-state index in [0.29, 0.717) is 34.2 Å². The minimum Gasteiger partial charge on any atom is -0.366 e. The molecule has 4 rings (SSSR count). The molecule has 31 heavy (non-hydrogen) atoms. The Hall–Kier alpha value is -4.52. The van der Waals surface area contributed by atoms with Gasteiger partial charge in [0.25, 0.3) is 5.91 Å². The van der Waals surface area contributed by atoms with E-state index in [2.05, 4.69) is 36.0 Å². The molecular weight excluding hydrogens is 394 g/mol. The van der Waals surface area contributed by atoms with Crippen molar-refractivity contribution in [3.8, 4) is 6.07 Å². The Kier molecular flexibility index (Phi) is 5.40. The third kappa shape index (κ3) is 4.40. The van der Waals surface area contributed by atoms with Crippen LogP contribution in [0.5, 0.6) is 0 Å². The summed E-state index contributed by atoms with van der Waals surface area (Å²) in [4.78, 5) is 25.4. The lowest BCUT2D eigenvalue weighted by atomic mass is 10.3. The number of hydrogen-bond donors (Lipinski definition) is 3. The van der Waals surface area contributed by atoms with Gasteiger partial charge in [0.2, 0.25) is 0 Å². The summed E-state index contributed by atoms with van der Waals surface area (Å²) in [5.74, 6) is 0.748. The highest BCUT2D eigenvalue weighted by atomic mass is 16.2. The number of hydrogen-bond acceptors (Lipinski definition) is 8. The van der Waals surface area contributed by atoms with Crippen molar-refractivity contribution in [1.29, 1.82) is 5.26 Å². The summed E-state index contributed by atoms with van der Waals surface area (Å²) < 4.78 is 1.48. The van der Waals surface area contributed by atoms with Crippen LogP contribution in [0.4, 0.5) is 23.0 Å². The number of aromatic nitrogens is 5. The number of imidazole rings is 1. The van der Waals surface area contributed by atoms with Crippen LogP contribution < -0.4 is 16.0 Å². The van der Waals surface area contributed by atoms with Gasteiger partial charge in [0.15, 0.2) is 11.3 Å². The van der Waals surface area contributed by atoms with E-state index in [-0.39, 0.29) is 17.6 Å². The Bertz CT molecular complexity index is 1260. The van der Waals surface area contributed by atoms with E-state index in [9.17, 15) is 4.79 Å². The molecule has 10 nitrogen and oxygen atoms in total. The second kappa shape index (κ2) is 8.46. The maximum absolute atomic E-state index is 12.8. The fourth-order valence-electron chi connectivity index (χ4n) is 2.88. The molecule has 0 fully saturated rings. The van der Waals surface area contributed by atoms with Gasteiger partial charge >= 0.3 is 0 Å². The van der Waals surface area contributed by atoms with Gasteiger partial charge in [-0.15, -0.1) is 5.10 Å². The second-order valence-corrected chi connectivity index (χ2v) is 6.98. The maximum atomic E-state index is 12.8. The zero-order chi connectivity index (χ0) is 21.8. The average Bonchev–Trinajstić information content (AvgIpc) is 3.19. The number of nitriles is 1. The molecule has 3 N–H and O–H groups in total. The van der Waals surface area contributed by atoms with Crippen LogP contribution in [0.25, 0.3) is 5.65 Å². The lowest BCUT2D eigenvalue weighted by molar-refractivity contribution is 0.102. The molecule has 0 atom stereocenters. The molecule has 4 heterocycles. The van der Waals surface area contributed by atoms with E-state index in [1.54, 1.807) is 42.7 Å². The van der Waals surface area contributed by atoms with E-state index in [1.165, 1.54) is 16.9 Å². The molecule has 0 aromatic carbocycles. The molecule has 0 bridgehead atoms. The molecule has 1 amide bonds. The minimum absolute atomic E-state index is 0.128. The van der Waals surface area contributed by atoms with Crippen molar-refractivity contribution >= 4 is 34.6 Å². The van der Waals surface area contributed by atoms with E-state index < -0.39 is 0 Å². The Morgan fingerprint density at radius 1 is 1.10 bits per heavy atom. The van der Waals surface area contributed by atoms with Crippen LogP contribution in [-0.4, -0.2) is 36.5 Å². The van der Waals surface area contributed by atoms with Crippen LogP contribution in [-0.2, 0) is 0 Å². The smallest absolute Gasteiger partial charge is 0.276 e. The van der Waals surface area contributed by atoms with Crippen molar-refractivity contribution in [2.45, 2.75) is 19.9 Å². The summed E-state index contributed by atoms with van der Waals surface area (Å²) in [5, 5.41) is 22.7. The van der Waals surface area contributed by atoms with Crippen LogP contribution in [0, 0.1) is 11.3 Å². The molecule has 0 spiro atoms. The first-order valence-corrected chi connectivity index (χ1v) is 9.53. The Morgan fingerprint density at radius 2 is 1.90 bits per heavy atom. The molecule has 0 aliphatic heterocycles. The molecule has 0 aliphatic rings. The number of amides is 1. The maximum Gasteiger partial charge on any atom is 0.276 e. The quantitative estimate of drug-likeness (QED) is 0.439. The number of nitrogens with one attached hydrogen (secondary N) is 3. The first-order chi connectivity index (χ1) is 15.0. The summed E-state index contributed by atoms with van der Waals surface area (Å²) >= 11 is 0. The predicted octanol–water partition coefficient (Wildman–Crippen LogP) is 3.21. The number of pyridine rings is 2. The highest BCUT2D eigenvalue weighted by Gasteiger charge is 2.18. The molecule has 4 aromatic rings. The average molecular weight is 413 g/mol. The molecule has 10 heteroatoms. The van der Waals surface area contributed by atoms with Crippen LogP contribution in [0.3, 0.4) is 0 Å². The van der Waals surface area contributed by atoms with E-state index in [0.717, 1.165) is 0 Å². The van der Waals surface area contributed by atoms with Crippen molar-refractivity contribution in [1.82, 2.24) is 24.6 Å². The Morgan fingerprint density at radius 3 is 2.58 bits per heavy atom. The standard InChI is InChI=1S/C21H19N9O/c1-13(2)26-19-9-16(28-18-4-3-14(10-22)11-24-18)20-25-12-17(30(20)29-19)21(31)27-15-5-7-23-8-6-15/h3-9,11-13H,1-2H3,(H,24,28)(H,26,29)(H,23,27,31). The normalized spacial score (nSPS) is 10.6. The van der Waals surface area contributed by atoms with Crippen molar-refractivity contribution < 1.29 is 4.79 Å². The van der Waals surface area contributed by atoms with Gasteiger partial charge in [0, 0.05) is 36.4 Å². The third-order valence-electron chi connectivity index (χ3n) is 4.23. The number of nitrogens with zero attached hydrogens (tertiary/aromatic N) is 6. The molecule has 0 saturated heterocycles. The zero-order valence-corrected chi connectivity index (χ0v) is 16.9. The fraction of sp³-hybridized carbons (Fsp3) is 0.143. The molecule has 0 radical (unpaired) electrons. The number of fused-ring (bicyclic) bond motifs is 1. The summed E-state index contributed by atoms with van der Waals surface area (Å²) in [6.07, 6.45) is 6.14.